The van der Waals surface area contributed by atoms with Crippen molar-refractivity contribution in [2.45, 2.75) is 136 Å². The Kier molecular flexibility index (Phi) is 8.24. The van der Waals surface area contributed by atoms with Gasteiger partial charge in [-0.3, -0.25) is 9.59 Å². The fraction of sp³-hybridized carbons (Fsp3) is 0.871. The lowest BCUT2D eigenvalue weighted by Gasteiger charge is -2.38. The number of carbonyl (C=O) groups excluding carboxylic acids is 4. The first kappa shape index (κ1) is 32.5. The summed E-state index contributed by atoms with van der Waals surface area (Å²) in [6.45, 7) is 15.9. The van der Waals surface area contributed by atoms with Crippen molar-refractivity contribution in [2.24, 2.45) is 39.0 Å². The Bertz CT molecular complexity index is 1100. The number of aliphatic hydroxyl groups is 1. The van der Waals surface area contributed by atoms with E-state index in [1.165, 1.54) is 0 Å². The van der Waals surface area contributed by atoms with E-state index in [0.29, 0.717) is 32.2 Å². The summed E-state index contributed by atoms with van der Waals surface area (Å²) in [5.74, 6) is -1.48. The van der Waals surface area contributed by atoms with Crippen LogP contribution in [0.15, 0.2) is 0 Å². The van der Waals surface area contributed by atoms with Crippen LogP contribution in [-0.2, 0) is 23.9 Å². The number of fused-ring (bicyclic) bond motifs is 1. The van der Waals surface area contributed by atoms with Gasteiger partial charge in [0.2, 0.25) is 11.8 Å². The van der Waals surface area contributed by atoms with Gasteiger partial charge < -0.3 is 36.3 Å². The van der Waals surface area contributed by atoms with Gasteiger partial charge in [-0.2, -0.15) is 0 Å². The normalized spacial score (nSPS) is 31.4. The highest BCUT2D eigenvalue weighted by Gasteiger charge is 2.85. The lowest BCUT2D eigenvalue weighted by atomic mass is 9.73. The molecule has 11 nitrogen and oxygen atoms in total. The second-order valence-corrected chi connectivity index (χ2v) is 15.9. The summed E-state index contributed by atoms with van der Waals surface area (Å²) in [7, 11) is 0. The molecule has 4 aliphatic rings. The van der Waals surface area contributed by atoms with E-state index in [4.69, 9.17) is 20.9 Å². The summed E-state index contributed by atoms with van der Waals surface area (Å²) in [5.41, 5.74) is 9.64. The Labute approximate surface area is 249 Å². The summed E-state index contributed by atoms with van der Waals surface area (Å²) in [6, 6.07) is -2.42. The van der Waals surface area contributed by atoms with Crippen LogP contribution < -0.4 is 16.8 Å². The molecule has 0 aromatic carbocycles. The van der Waals surface area contributed by atoms with E-state index in [2.05, 4.69) is 19.2 Å². The monoisotopic (exact) mass is 592 g/mol. The highest BCUT2D eigenvalue weighted by atomic mass is 16.6. The molecule has 0 bridgehead atoms. The van der Waals surface area contributed by atoms with Crippen LogP contribution in [-0.4, -0.2) is 76.4 Å². The predicted octanol–water partition coefficient (Wildman–Crippen LogP) is 2.61. The molecule has 3 aliphatic carbocycles. The van der Waals surface area contributed by atoms with Crippen LogP contribution in [0, 0.1) is 27.6 Å². The van der Waals surface area contributed by atoms with E-state index in [0.717, 1.165) is 19.3 Å². The van der Waals surface area contributed by atoms with Crippen LogP contribution in [0.25, 0.3) is 0 Å². The zero-order valence-corrected chi connectivity index (χ0v) is 26.6. The number of carbonyl (C=O) groups is 4. The lowest BCUT2D eigenvalue weighted by Crippen LogP contribution is -2.57. The lowest BCUT2D eigenvalue weighted by molar-refractivity contribution is -0.165. The second-order valence-electron chi connectivity index (χ2n) is 15.9. The van der Waals surface area contributed by atoms with Gasteiger partial charge in [0, 0.05) is 18.0 Å². The van der Waals surface area contributed by atoms with Crippen molar-refractivity contribution in [3.63, 3.8) is 0 Å². The number of likely N-dealkylation sites (tertiary alicyclic amines) is 1. The maximum Gasteiger partial charge on any atom is 0.408 e. The standard InChI is InChI=1S/C31H52N4O7/c1-27(2,3)22(34-26(40)42-28(4,5)6)24(38)35-16-31(29(7,8)30(31)10-9-11-30)15-20(35)25(39)41-18-12-17(13-18)14-19(32)21(36)23(33)37/h17-22,36H,9-16,32H2,1-8H3,(H2,33,37)(H,34,40)/t17?,18?,19?,20-,21?,22+,31+/m0/s1. The third kappa shape index (κ3) is 5.51. The molecule has 1 heterocycles. The minimum absolute atomic E-state index is 0.0133. The molecule has 238 valence electrons. The average molecular weight is 593 g/mol. The first-order chi connectivity index (χ1) is 19.2. The molecule has 1 saturated heterocycles. The van der Waals surface area contributed by atoms with Crippen molar-refractivity contribution < 1.29 is 33.8 Å². The number of alkyl carbamates (subject to hydrolysis) is 1. The number of nitrogens with two attached hydrogens (primary N) is 2. The molecule has 0 aromatic heterocycles. The van der Waals surface area contributed by atoms with Gasteiger partial charge >= 0.3 is 12.1 Å². The quantitative estimate of drug-likeness (QED) is 0.311. The van der Waals surface area contributed by atoms with Crippen molar-refractivity contribution in [1.29, 1.82) is 0 Å². The highest BCUT2D eigenvalue weighted by molar-refractivity contribution is 5.91. The Hall–Kier alpha value is -2.40. The van der Waals surface area contributed by atoms with E-state index in [1.54, 1.807) is 25.7 Å². The number of nitrogens with zero attached hydrogens (tertiary/aromatic N) is 1. The number of aliphatic hydroxyl groups excluding tert-OH is 1. The van der Waals surface area contributed by atoms with Gasteiger partial charge in [0.05, 0.1) is 0 Å². The zero-order valence-electron chi connectivity index (χ0n) is 26.6. The minimum atomic E-state index is -1.41. The number of primary amides is 1. The minimum Gasteiger partial charge on any atom is -0.461 e. The Morgan fingerprint density at radius 2 is 1.64 bits per heavy atom. The van der Waals surface area contributed by atoms with Crippen molar-refractivity contribution in [3.05, 3.63) is 0 Å². The molecule has 2 unspecified atom stereocenters. The number of hydrogen-bond donors (Lipinski definition) is 4. The molecule has 6 N–H and O–H groups in total. The molecule has 3 saturated carbocycles. The second kappa shape index (κ2) is 10.6. The molecular formula is C31H52N4O7. The molecular weight excluding hydrogens is 540 g/mol. The van der Waals surface area contributed by atoms with Crippen LogP contribution in [0.1, 0.15) is 100 Å². The summed E-state index contributed by atoms with van der Waals surface area (Å²) in [5, 5.41) is 12.6. The van der Waals surface area contributed by atoms with E-state index in [9.17, 15) is 24.3 Å². The van der Waals surface area contributed by atoms with Gasteiger partial charge in [-0.15, -0.1) is 0 Å². The first-order valence-electron chi connectivity index (χ1n) is 15.4. The van der Waals surface area contributed by atoms with Crippen LogP contribution in [0.3, 0.4) is 0 Å². The molecule has 3 amide bonds. The number of nitrogens with one attached hydrogen (secondary N) is 1. The Morgan fingerprint density at radius 3 is 2.10 bits per heavy atom. The number of ether oxygens (including phenoxy) is 2. The Morgan fingerprint density at radius 1 is 1.05 bits per heavy atom. The topological polar surface area (TPSA) is 174 Å². The van der Waals surface area contributed by atoms with Gasteiger partial charge in [-0.05, 0) is 81.5 Å². The van der Waals surface area contributed by atoms with E-state index in [-0.39, 0.29) is 34.2 Å². The molecule has 0 aromatic rings. The first-order valence-corrected chi connectivity index (χ1v) is 15.4. The van der Waals surface area contributed by atoms with E-state index in [1.807, 2.05) is 20.8 Å². The SMILES string of the molecule is CC(C)(C)OC(=O)N[C@H](C(=O)N1C[C@]2(C[C@H]1C(=O)OC1CC(CC(N)C(O)C(N)=O)C1)C(C)(C)C21CCC1)C(C)(C)C. The number of rotatable bonds is 8. The van der Waals surface area contributed by atoms with Gasteiger partial charge in [0.25, 0.3) is 0 Å². The van der Waals surface area contributed by atoms with Crippen LogP contribution in [0.4, 0.5) is 4.79 Å². The molecule has 2 spiro atoms. The summed E-state index contributed by atoms with van der Waals surface area (Å²) >= 11 is 0. The third-order valence-electron chi connectivity index (χ3n) is 10.9. The molecule has 4 fully saturated rings. The summed E-state index contributed by atoms with van der Waals surface area (Å²) in [4.78, 5) is 53.7. The van der Waals surface area contributed by atoms with Gasteiger partial charge in [-0.25, -0.2) is 9.59 Å². The zero-order chi connectivity index (χ0) is 31.6. The molecule has 1 aliphatic heterocycles. The average Bonchev–Trinajstić information content (AvgIpc) is 3.03. The number of amides is 3. The highest BCUT2D eigenvalue weighted by Crippen LogP contribution is 2.88. The predicted molar refractivity (Wildman–Crippen MR) is 156 cm³/mol. The fourth-order valence-corrected chi connectivity index (χ4v) is 8.21. The number of esters is 1. The number of hydrogen-bond acceptors (Lipinski definition) is 8. The third-order valence-corrected chi connectivity index (χ3v) is 10.9. The van der Waals surface area contributed by atoms with Crippen molar-refractivity contribution in [2.75, 3.05) is 6.54 Å². The smallest absolute Gasteiger partial charge is 0.408 e. The van der Waals surface area contributed by atoms with Crippen LogP contribution >= 0.6 is 0 Å². The van der Waals surface area contributed by atoms with Crippen LogP contribution in [0.2, 0.25) is 0 Å². The largest absolute Gasteiger partial charge is 0.461 e. The van der Waals surface area contributed by atoms with Gasteiger partial charge in [0.15, 0.2) is 0 Å². The maximum atomic E-state index is 14.3. The molecule has 4 rings (SSSR count). The van der Waals surface area contributed by atoms with Crippen molar-refractivity contribution in [3.8, 4) is 0 Å². The van der Waals surface area contributed by atoms with Crippen molar-refractivity contribution >= 4 is 23.9 Å². The maximum absolute atomic E-state index is 14.3. The summed E-state index contributed by atoms with van der Waals surface area (Å²) < 4.78 is 11.4. The molecule has 5 atom stereocenters. The van der Waals surface area contributed by atoms with Crippen molar-refractivity contribution in [1.82, 2.24) is 10.2 Å². The van der Waals surface area contributed by atoms with E-state index >= 15 is 0 Å². The Balaban J connectivity index is 1.50. The molecule has 11 heteroatoms. The fourth-order valence-electron chi connectivity index (χ4n) is 8.21. The summed E-state index contributed by atoms with van der Waals surface area (Å²) in [6.07, 6.45) is 2.99. The van der Waals surface area contributed by atoms with E-state index < -0.39 is 53.2 Å². The van der Waals surface area contributed by atoms with Crippen LogP contribution in [0.5, 0.6) is 0 Å². The molecule has 0 radical (unpaired) electrons. The van der Waals surface area contributed by atoms with Gasteiger partial charge in [-0.1, -0.05) is 41.0 Å². The molecule has 42 heavy (non-hydrogen) atoms. The van der Waals surface area contributed by atoms with Gasteiger partial charge in [0.1, 0.15) is 29.9 Å².